The number of phosphoric acid groups is 1. The standard InChI is InChI=1S/C71H127N2O7P/c1-7-10-13-16-19-22-25-28-30-31-32-33-34-35-36-37-38-39-40-41-43-46-49-52-55-58-61-64-71(75)80-69(62-59-56-53-50-47-44-27-24-21-18-15-12-9-3)68(67-79-81(76,77)78-66-65-73(4,5)6)72-70(74)63-60-57-54-51-48-45-42-29-26-23-20-17-14-11-8-2/h10,13,19,22-23,26,28,30,32-33,35-36,38-39,59,62,68-69H,7-9,11-12,14-18,20-21,24-25,27,29,31,34,37,40-58,60-61,63-67H2,1-6H3,(H-,72,74,76,77)/p+1/b13-10-,22-19-,26-23-,30-28-,33-32-,36-35-,39-38-,62-59-. The summed E-state index contributed by atoms with van der Waals surface area (Å²) in [5.41, 5.74) is 0. The molecule has 468 valence electrons. The smallest absolute Gasteiger partial charge is 0.456 e. The molecule has 0 aromatic heterocycles. The zero-order valence-electron chi connectivity index (χ0n) is 53.5. The van der Waals surface area contributed by atoms with E-state index in [1.807, 2.05) is 33.3 Å². The van der Waals surface area contributed by atoms with Crippen LogP contribution < -0.4 is 5.32 Å². The van der Waals surface area contributed by atoms with Crippen LogP contribution in [0.3, 0.4) is 0 Å². The number of hydrogen-bond acceptors (Lipinski definition) is 6. The van der Waals surface area contributed by atoms with Gasteiger partial charge in [-0.15, -0.1) is 0 Å². The average Bonchev–Trinajstić information content (AvgIpc) is 3.44. The van der Waals surface area contributed by atoms with Crippen molar-refractivity contribution in [1.82, 2.24) is 5.32 Å². The van der Waals surface area contributed by atoms with E-state index in [0.717, 1.165) is 122 Å². The quantitative estimate of drug-likeness (QED) is 0.0205. The Bertz CT molecular complexity index is 1710. The van der Waals surface area contributed by atoms with Gasteiger partial charge in [-0.05, 0) is 109 Å². The minimum atomic E-state index is -4.46. The molecule has 0 aliphatic heterocycles. The zero-order chi connectivity index (χ0) is 59.3. The van der Waals surface area contributed by atoms with Crippen LogP contribution in [-0.4, -0.2) is 74.3 Å². The fourth-order valence-corrected chi connectivity index (χ4v) is 10.1. The Morgan fingerprint density at radius 2 is 0.790 bits per heavy atom. The number of carbonyl (C=O) groups excluding carboxylic acids is 2. The zero-order valence-corrected chi connectivity index (χ0v) is 54.4. The Balaban J connectivity index is 5.15. The predicted molar refractivity (Wildman–Crippen MR) is 350 cm³/mol. The second kappa shape index (κ2) is 60.1. The third-order valence-electron chi connectivity index (χ3n) is 14.5. The fourth-order valence-electron chi connectivity index (χ4n) is 9.35. The number of amides is 1. The first-order chi connectivity index (χ1) is 39.4. The molecule has 0 fully saturated rings. The van der Waals surface area contributed by atoms with Gasteiger partial charge in [0.05, 0.1) is 33.8 Å². The highest BCUT2D eigenvalue weighted by Crippen LogP contribution is 2.43. The number of carbonyl (C=O) groups is 2. The van der Waals surface area contributed by atoms with E-state index in [1.54, 1.807) is 0 Å². The van der Waals surface area contributed by atoms with E-state index in [1.165, 1.54) is 135 Å². The molecule has 9 nitrogen and oxygen atoms in total. The summed E-state index contributed by atoms with van der Waals surface area (Å²) in [6, 6.07) is -0.859. The van der Waals surface area contributed by atoms with Gasteiger partial charge >= 0.3 is 13.8 Å². The first-order valence-electron chi connectivity index (χ1n) is 33.6. The van der Waals surface area contributed by atoms with E-state index >= 15 is 0 Å². The molecule has 0 spiro atoms. The second-order valence-corrected chi connectivity index (χ2v) is 25.1. The largest absolute Gasteiger partial charge is 0.472 e. The van der Waals surface area contributed by atoms with Crippen molar-refractivity contribution in [1.29, 1.82) is 0 Å². The van der Waals surface area contributed by atoms with Crippen molar-refractivity contribution in [3.63, 3.8) is 0 Å². The maximum absolute atomic E-state index is 13.6. The van der Waals surface area contributed by atoms with Crippen LogP contribution in [0.25, 0.3) is 0 Å². The second-order valence-electron chi connectivity index (χ2n) is 23.6. The molecular formula is C71H128N2O7P+. The number of unbranched alkanes of at least 4 members (excludes halogenated alkanes) is 30. The highest BCUT2D eigenvalue weighted by Gasteiger charge is 2.30. The van der Waals surface area contributed by atoms with Crippen LogP contribution in [0.15, 0.2) is 97.2 Å². The van der Waals surface area contributed by atoms with E-state index in [4.69, 9.17) is 13.8 Å². The monoisotopic (exact) mass is 1150 g/mol. The van der Waals surface area contributed by atoms with Crippen molar-refractivity contribution in [3.05, 3.63) is 97.2 Å². The van der Waals surface area contributed by atoms with Gasteiger partial charge in [0.1, 0.15) is 19.3 Å². The topological polar surface area (TPSA) is 111 Å². The van der Waals surface area contributed by atoms with E-state index < -0.39 is 20.0 Å². The molecule has 3 atom stereocenters. The average molecular weight is 1150 g/mol. The van der Waals surface area contributed by atoms with Gasteiger partial charge in [-0.25, -0.2) is 4.57 Å². The summed E-state index contributed by atoms with van der Waals surface area (Å²) in [5, 5.41) is 3.06. The number of quaternary nitrogens is 1. The molecule has 0 rings (SSSR count). The highest BCUT2D eigenvalue weighted by atomic mass is 31.2. The van der Waals surface area contributed by atoms with Crippen molar-refractivity contribution < 1.29 is 37.3 Å². The van der Waals surface area contributed by atoms with Gasteiger partial charge < -0.3 is 19.4 Å². The lowest BCUT2D eigenvalue weighted by atomic mass is 10.0. The molecule has 0 heterocycles. The van der Waals surface area contributed by atoms with Crippen LogP contribution in [0.1, 0.15) is 290 Å². The van der Waals surface area contributed by atoms with E-state index in [0.29, 0.717) is 17.4 Å². The maximum Gasteiger partial charge on any atom is 0.472 e. The predicted octanol–water partition coefficient (Wildman–Crippen LogP) is 21.1. The van der Waals surface area contributed by atoms with Crippen molar-refractivity contribution in [3.8, 4) is 0 Å². The maximum atomic E-state index is 13.6. The van der Waals surface area contributed by atoms with Crippen LogP contribution >= 0.6 is 7.82 Å². The molecule has 3 unspecified atom stereocenters. The number of nitrogens with one attached hydrogen (secondary N) is 1. The Morgan fingerprint density at radius 3 is 1.21 bits per heavy atom. The Kier molecular flexibility index (Phi) is 57.8. The van der Waals surface area contributed by atoms with Gasteiger partial charge in [-0.2, -0.15) is 0 Å². The van der Waals surface area contributed by atoms with E-state index in [2.05, 4.69) is 111 Å². The van der Waals surface area contributed by atoms with Gasteiger partial charge in [0.2, 0.25) is 5.91 Å². The molecule has 10 heteroatoms. The lowest BCUT2D eigenvalue weighted by Crippen LogP contribution is -2.47. The number of hydrogen-bond donors (Lipinski definition) is 2. The Labute approximate surface area is 500 Å². The fraction of sp³-hybridized carbons (Fsp3) is 0.746. The highest BCUT2D eigenvalue weighted by molar-refractivity contribution is 7.47. The lowest BCUT2D eigenvalue weighted by Gasteiger charge is -2.27. The van der Waals surface area contributed by atoms with Crippen LogP contribution in [0, 0.1) is 0 Å². The number of rotatable bonds is 60. The molecule has 0 saturated heterocycles. The summed E-state index contributed by atoms with van der Waals surface area (Å²) >= 11 is 0. The molecule has 0 bridgehead atoms. The van der Waals surface area contributed by atoms with Crippen molar-refractivity contribution in [2.45, 2.75) is 303 Å². The molecule has 1 amide bonds. The molecule has 0 aliphatic rings. The summed E-state index contributed by atoms with van der Waals surface area (Å²) < 4.78 is 30.8. The van der Waals surface area contributed by atoms with Crippen molar-refractivity contribution in [2.24, 2.45) is 0 Å². The van der Waals surface area contributed by atoms with E-state index in [-0.39, 0.29) is 31.5 Å². The molecule has 0 aromatic rings. The summed E-state index contributed by atoms with van der Waals surface area (Å²) in [5.74, 6) is -0.518. The van der Waals surface area contributed by atoms with E-state index in [9.17, 15) is 19.0 Å². The molecular weight excluding hydrogens is 1020 g/mol. The molecule has 0 radical (unpaired) electrons. The Morgan fingerprint density at radius 1 is 0.444 bits per heavy atom. The minimum absolute atomic E-state index is 0.0346. The normalized spacial score (nSPS) is 14.2. The lowest BCUT2D eigenvalue weighted by molar-refractivity contribution is -0.870. The molecule has 81 heavy (non-hydrogen) atoms. The van der Waals surface area contributed by atoms with Gasteiger partial charge in [-0.3, -0.25) is 18.6 Å². The van der Waals surface area contributed by atoms with Gasteiger partial charge in [0.15, 0.2) is 0 Å². The number of ether oxygens (including phenoxy) is 1. The van der Waals surface area contributed by atoms with Gasteiger partial charge in [-0.1, -0.05) is 266 Å². The van der Waals surface area contributed by atoms with Crippen molar-refractivity contribution in [2.75, 3.05) is 40.9 Å². The summed E-state index contributed by atoms with van der Waals surface area (Å²) in [4.78, 5) is 37.8. The molecule has 0 saturated carbocycles. The third kappa shape index (κ3) is 61.3. The van der Waals surface area contributed by atoms with Gasteiger partial charge in [0.25, 0.3) is 0 Å². The van der Waals surface area contributed by atoms with Crippen LogP contribution in [0.5, 0.6) is 0 Å². The number of likely N-dealkylation sites (N-methyl/N-ethyl adjacent to an activating group) is 1. The van der Waals surface area contributed by atoms with Crippen molar-refractivity contribution >= 4 is 19.7 Å². The van der Waals surface area contributed by atoms with Gasteiger partial charge in [0, 0.05) is 12.8 Å². The number of nitrogens with zero attached hydrogens (tertiary/aromatic N) is 1. The number of phosphoric ester groups is 1. The SMILES string of the molecule is CC/C=C\C/C=C\C/C=C\C/C=C\C/C=C\C/C=C\CCCCCCCCCCC(=O)OC(/C=C\CCCCCCCCCCCCC)C(COP(=O)(O)OCC[N+](C)(C)C)NC(=O)CCCCCCCCC/C=C\CCCCCC. The van der Waals surface area contributed by atoms with Crippen LogP contribution in [0.2, 0.25) is 0 Å². The Hall–Kier alpha value is -3.07. The van der Waals surface area contributed by atoms with Crippen LogP contribution in [-0.2, 0) is 27.9 Å². The molecule has 0 aliphatic carbocycles. The minimum Gasteiger partial charge on any atom is -0.456 e. The summed E-state index contributed by atoms with van der Waals surface area (Å²) in [7, 11) is 1.48. The number of esters is 1. The number of allylic oxidation sites excluding steroid dienone is 15. The molecule has 2 N–H and O–H groups in total. The van der Waals surface area contributed by atoms with Crippen LogP contribution in [0.4, 0.5) is 0 Å². The summed E-state index contributed by atoms with van der Waals surface area (Å²) in [6.45, 7) is 6.89. The third-order valence-corrected chi connectivity index (χ3v) is 15.5. The molecule has 0 aromatic carbocycles. The summed E-state index contributed by atoms with van der Waals surface area (Å²) in [6.07, 6.45) is 81.2. The first-order valence-corrected chi connectivity index (χ1v) is 35.1. The first kappa shape index (κ1) is 77.9.